The monoisotopic (exact) mass is 374 g/mol. The first-order valence-corrected chi connectivity index (χ1v) is 9.70. The summed E-state index contributed by atoms with van der Waals surface area (Å²) in [6.45, 7) is 2.33. The second-order valence-electron chi connectivity index (χ2n) is 9.03. The van der Waals surface area contributed by atoms with E-state index in [2.05, 4.69) is 6.92 Å². The van der Waals surface area contributed by atoms with Crippen molar-refractivity contribution in [3.05, 3.63) is 24.2 Å². The van der Waals surface area contributed by atoms with Crippen molar-refractivity contribution in [3.63, 3.8) is 0 Å². The van der Waals surface area contributed by atoms with Gasteiger partial charge in [-0.05, 0) is 30.7 Å². The average Bonchev–Trinajstić information content (AvgIpc) is 3.30. The van der Waals surface area contributed by atoms with Gasteiger partial charge in [-0.1, -0.05) is 6.92 Å². The molecule has 0 radical (unpaired) electrons. The summed E-state index contributed by atoms with van der Waals surface area (Å²) >= 11 is 0. The standard InChI is InChI=1S/C20H22O7/c1-10-4-15-19-9-25-17(23)20(19,27-15)6-12(21)5-14(19)18(10)7-13(26-16(18)22)11-2-3-24-8-11/h2-3,8,10,12-15,21H,4-7,9H2,1H3. The molecule has 8 atom stereocenters. The van der Waals surface area contributed by atoms with Crippen LogP contribution in [0.5, 0.6) is 0 Å². The predicted octanol–water partition coefficient (Wildman–Crippen LogP) is 1.75. The van der Waals surface area contributed by atoms with Crippen LogP contribution in [0.25, 0.3) is 0 Å². The Morgan fingerprint density at radius 1 is 1.19 bits per heavy atom. The zero-order chi connectivity index (χ0) is 18.6. The molecule has 0 bridgehead atoms. The summed E-state index contributed by atoms with van der Waals surface area (Å²) in [5.41, 5.74) is -1.53. The van der Waals surface area contributed by atoms with Gasteiger partial charge in [0.15, 0.2) is 5.60 Å². The van der Waals surface area contributed by atoms with E-state index in [4.69, 9.17) is 18.6 Å². The number of esters is 2. The fraction of sp³-hybridized carbons (Fsp3) is 0.700. The number of carbonyl (C=O) groups excluding carboxylic acids is 2. The number of aliphatic hydroxyl groups excluding tert-OH is 1. The van der Waals surface area contributed by atoms with Gasteiger partial charge < -0.3 is 23.7 Å². The number of furan rings is 1. The molecule has 4 heterocycles. The normalized spacial score (nSPS) is 52.7. The Morgan fingerprint density at radius 3 is 2.81 bits per heavy atom. The first-order chi connectivity index (χ1) is 12.9. The van der Waals surface area contributed by atoms with Crippen molar-refractivity contribution >= 4 is 11.9 Å². The van der Waals surface area contributed by atoms with E-state index in [1.54, 1.807) is 12.5 Å². The lowest BCUT2D eigenvalue weighted by atomic mass is 9.39. The molecular formula is C20H22O7. The summed E-state index contributed by atoms with van der Waals surface area (Å²) in [4.78, 5) is 25.9. The van der Waals surface area contributed by atoms with E-state index in [-0.39, 0.29) is 49.0 Å². The van der Waals surface area contributed by atoms with Crippen molar-refractivity contribution in [2.45, 2.75) is 56.5 Å². The molecule has 8 unspecified atom stereocenters. The number of rotatable bonds is 1. The van der Waals surface area contributed by atoms with Crippen LogP contribution in [0.3, 0.4) is 0 Å². The lowest BCUT2D eigenvalue weighted by molar-refractivity contribution is -0.365. The number of cyclic esters (lactones) is 2. The first-order valence-electron chi connectivity index (χ1n) is 9.70. The Kier molecular flexibility index (Phi) is 2.84. The Morgan fingerprint density at radius 2 is 2.04 bits per heavy atom. The van der Waals surface area contributed by atoms with E-state index >= 15 is 0 Å². The zero-order valence-electron chi connectivity index (χ0n) is 15.1. The number of hydrogen-bond acceptors (Lipinski definition) is 7. The van der Waals surface area contributed by atoms with Gasteiger partial charge in [-0.2, -0.15) is 0 Å². The van der Waals surface area contributed by atoms with Gasteiger partial charge in [-0.25, -0.2) is 4.79 Å². The molecule has 5 fully saturated rings. The molecule has 0 aromatic carbocycles. The Bertz CT molecular complexity index is 833. The SMILES string of the molecule is CC1CC2OC34CC(O)CC(C15CC(c1ccoc1)OC5=O)C23COC4=O. The highest BCUT2D eigenvalue weighted by atomic mass is 16.6. The molecule has 6 rings (SSSR count). The van der Waals surface area contributed by atoms with E-state index in [9.17, 15) is 14.7 Å². The average molecular weight is 374 g/mol. The highest BCUT2D eigenvalue weighted by Crippen LogP contribution is 2.75. The van der Waals surface area contributed by atoms with Crippen molar-refractivity contribution in [2.24, 2.45) is 22.7 Å². The third-order valence-electron chi connectivity index (χ3n) is 8.23. The molecule has 5 aliphatic rings. The molecular weight excluding hydrogens is 352 g/mol. The fourth-order valence-corrected chi connectivity index (χ4v) is 7.04. The summed E-state index contributed by atoms with van der Waals surface area (Å²) in [6, 6.07) is 1.82. The third kappa shape index (κ3) is 1.56. The second kappa shape index (κ2) is 4.75. The molecule has 2 aliphatic carbocycles. The van der Waals surface area contributed by atoms with E-state index < -0.39 is 22.5 Å². The topological polar surface area (TPSA) is 95.2 Å². The van der Waals surface area contributed by atoms with E-state index in [1.165, 1.54) is 0 Å². The van der Waals surface area contributed by atoms with E-state index in [1.807, 2.05) is 6.07 Å². The lowest BCUT2D eigenvalue weighted by Crippen LogP contribution is -2.80. The largest absolute Gasteiger partial charge is 0.472 e. The zero-order valence-corrected chi connectivity index (χ0v) is 15.1. The number of fused-ring (bicyclic) bond motifs is 1. The van der Waals surface area contributed by atoms with Crippen LogP contribution >= 0.6 is 0 Å². The van der Waals surface area contributed by atoms with Gasteiger partial charge in [0.2, 0.25) is 0 Å². The maximum Gasteiger partial charge on any atom is 0.339 e. The molecule has 1 aromatic rings. The summed E-state index contributed by atoms with van der Waals surface area (Å²) in [7, 11) is 0. The summed E-state index contributed by atoms with van der Waals surface area (Å²) < 4.78 is 22.6. The molecule has 144 valence electrons. The minimum Gasteiger partial charge on any atom is -0.472 e. The van der Waals surface area contributed by atoms with Crippen LogP contribution in [0.2, 0.25) is 0 Å². The van der Waals surface area contributed by atoms with Gasteiger partial charge in [-0.3, -0.25) is 4.79 Å². The van der Waals surface area contributed by atoms with Gasteiger partial charge >= 0.3 is 11.9 Å². The first kappa shape index (κ1) is 16.1. The van der Waals surface area contributed by atoms with Gasteiger partial charge in [0.05, 0.1) is 35.6 Å². The van der Waals surface area contributed by atoms with Gasteiger partial charge in [0.1, 0.15) is 12.7 Å². The van der Waals surface area contributed by atoms with Crippen LogP contribution < -0.4 is 0 Å². The molecule has 3 aliphatic heterocycles. The maximum absolute atomic E-state index is 13.3. The summed E-state index contributed by atoms with van der Waals surface area (Å²) in [5.74, 6) is -0.785. The summed E-state index contributed by atoms with van der Waals surface area (Å²) in [6.07, 6.45) is 3.96. The second-order valence-corrected chi connectivity index (χ2v) is 9.03. The Hall–Kier alpha value is -1.86. The third-order valence-corrected chi connectivity index (χ3v) is 8.23. The number of hydrogen-bond donors (Lipinski definition) is 1. The van der Waals surface area contributed by atoms with Crippen LogP contribution in [0, 0.1) is 22.7 Å². The molecule has 2 spiro atoms. The van der Waals surface area contributed by atoms with Crippen molar-refractivity contribution in [1.29, 1.82) is 0 Å². The van der Waals surface area contributed by atoms with Crippen LogP contribution in [0.4, 0.5) is 0 Å². The molecule has 2 saturated carbocycles. The fourth-order valence-electron chi connectivity index (χ4n) is 7.04. The van der Waals surface area contributed by atoms with Gasteiger partial charge in [-0.15, -0.1) is 0 Å². The van der Waals surface area contributed by atoms with Crippen LogP contribution in [0.1, 0.15) is 44.3 Å². The molecule has 1 aromatic heterocycles. The van der Waals surface area contributed by atoms with Crippen molar-refractivity contribution < 1.29 is 33.3 Å². The molecule has 3 saturated heterocycles. The van der Waals surface area contributed by atoms with Crippen molar-refractivity contribution in [2.75, 3.05) is 6.61 Å². The number of ether oxygens (including phenoxy) is 3. The highest BCUT2D eigenvalue weighted by molar-refractivity contribution is 5.87. The minimum atomic E-state index is -1.10. The Balaban J connectivity index is 1.48. The quantitative estimate of drug-likeness (QED) is 0.748. The summed E-state index contributed by atoms with van der Waals surface area (Å²) in [5, 5.41) is 10.6. The minimum absolute atomic E-state index is 0.0292. The molecule has 7 nitrogen and oxygen atoms in total. The van der Waals surface area contributed by atoms with Crippen LogP contribution in [-0.4, -0.2) is 41.5 Å². The predicted molar refractivity (Wildman–Crippen MR) is 88.1 cm³/mol. The molecule has 1 N–H and O–H groups in total. The Labute approximate surface area is 155 Å². The van der Waals surface area contributed by atoms with Gasteiger partial charge in [0, 0.05) is 18.4 Å². The molecule has 27 heavy (non-hydrogen) atoms. The maximum atomic E-state index is 13.3. The lowest BCUT2D eigenvalue weighted by Gasteiger charge is -2.70. The van der Waals surface area contributed by atoms with Crippen LogP contribution in [0.15, 0.2) is 23.0 Å². The molecule has 0 amide bonds. The van der Waals surface area contributed by atoms with Crippen molar-refractivity contribution in [3.8, 4) is 0 Å². The number of aliphatic hydroxyl groups is 1. The van der Waals surface area contributed by atoms with E-state index in [0.717, 1.165) is 5.56 Å². The smallest absolute Gasteiger partial charge is 0.339 e. The number of carbonyl (C=O) groups is 2. The van der Waals surface area contributed by atoms with Gasteiger partial charge in [0.25, 0.3) is 0 Å². The molecule has 7 heteroatoms. The van der Waals surface area contributed by atoms with Crippen molar-refractivity contribution in [1.82, 2.24) is 0 Å². The van der Waals surface area contributed by atoms with Crippen LogP contribution in [-0.2, 0) is 23.8 Å². The van der Waals surface area contributed by atoms with E-state index in [0.29, 0.717) is 19.3 Å². The highest BCUT2D eigenvalue weighted by Gasteiger charge is 2.85.